The van der Waals surface area contributed by atoms with E-state index in [0.29, 0.717) is 0 Å². The lowest BCUT2D eigenvalue weighted by Crippen LogP contribution is -2.33. The summed E-state index contributed by atoms with van der Waals surface area (Å²) in [6, 6.07) is 3.16. The first kappa shape index (κ1) is 13.6. The Hall–Kier alpha value is -1.80. The molecule has 1 saturated carbocycles. The van der Waals surface area contributed by atoms with E-state index in [-0.39, 0.29) is 30.8 Å². The molecule has 1 atom stereocenters. The smallest absolute Gasteiger partial charge is 0.298 e. The van der Waals surface area contributed by atoms with Crippen LogP contribution in [0.4, 0.5) is 10.1 Å². The topological polar surface area (TPSA) is 95.5 Å². The fraction of sp³-hybridized carbons (Fsp3) is 0.273. The minimum absolute atomic E-state index is 0.0372. The number of hydrogen-bond donors (Lipinski definition) is 1. The van der Waals surface area contributed by atoms with Crippen LogP contribution in [0.2, 0.25) is 0 Å². The fourth-order valence-electron chi connectivity index (χ4n) is 1.57. The Balaban J connectivity index is 2.22. The number of hydrogen-bond acceptors (Lipinski definition) is 5. The number of amides is 1. The van der Waals surface area contributed by atoms with Crippen molar-refractivity contribution < 1.29 is 27.5 Å². The van der Waals surface area contributed by atoms with Gasteiger partial charge >= 0.3 is 0 Å². The predicted octanol–water partition coefficient (Wildman–Crippen LogP) is 0.711. The Bertz CT molecular complexity index is 558. The largest absolute Gasteiger partial charge is 0.772 e. The standard InChI is InChI=1S/C11H10FNO5S/c12-7-1-2-8(9(5-7)18-6-14)13-10(15)11(3-4-11)19(16)17/h1-2,5-6H,3-4H2,(H,13,15)(H,16,17)/p-1. The molecule has 102 valence electrons. The van der Waals surface area contributed by atoms with E-state index >= 15 is 0 Å². The Morgan fingerprint density at radius 3 is 2.74 bits per heavy atom. The van der Waals surface area contributed by atoms with Crippen LogP contribution in [0.15, 0.2) is 18.2 Å². The summed E-state index contributed by atoms with van der Waals surface area (Å²) < 4.78 is 38.0. The first-order valence-electron chi connectivity index (χ1n) is 5.30. The summed E-state index contributed by atoms with van der Waals surface area (Å²) in [7, 11) is 0. The van der Waals surface area contributed by atoms with Crippen molar-refractivity contribution in [3.8, 4) is 5.75 Å². The number of nitrogens with one attached hydrogen (secondary N) is 1. The molecular weight excluding hydrogens is 277 g/mol. The van der Waals surface area contributed by atoms with Gasteiger partial charge in [-0.3, -0.25) is 13.8 Å². The van der Waals surface area contributed by atoms with E-state index < -0.39 is 27.6 Å². The quantitative estimate of drug-likeness (QED) is 0.635. The molecule has 0 bridgehead atoms. The van der Waals surface area contributed by atoms with E-state index in [4.69, 9.17) is 0 Å². The molecule has 1 aliphatic rings. The molecule has 19 heavy (non-hydrogen) atoms. The molecule has 1 amide bonds. The van der Waals surface area contributed by atoms with Gasteiger partial charge in [-0.25, -0.2) is 4.39 Å². The summed E-state index contributed by atoms with van der Waals surface area (Å²) in [5, 5.41) is 2.32. The predicted molar refractivity (Wildman–Crippen MR) is 62.6 cm³/mol. The van der Waals surface area contributed by atoms with Crippen molar-refractivity contribution in [1.29, 1.82) is 0 Å². The first-order valence-corrected chi connectivity index (χ1v) is 6.38. The number of anilines is 1. The van der Waals surface area contributed by atoms with Gasteiger partial charge in [-0.2, -0.15) is 0 Å². The van der Waals surface area contributed by atoms with Crippen molar-refractivity contribution in [1.82, 2.24) is 0 Å². The highest BCUT2D eigenvalue weighted by Crippen LogP contribution is 2.42. The van der Waals surface area contributed by atoms with E-state index in [1.807, 2.05) is 0 Å². The number of halogens is 1. The minimum atomic E-state index is -2.53. The molecule has 6 nitrogen and oxygen atoms in total. The van der Waals surface area contributed by atoms with Gasteiger partial charge in [0.1, 0.15) is 10.6 Å². The average Bonchev–Trinajstić information content (AvgIpc) is 3.14. The van der Waals surface area contributed by atoms with Crippen molar-refractivity contribution in [2.45, 2.75) is 17.6 Å². The molecule has 1 aromatic carbocycles. The second kappa shape index (κ2) is 5.06. The third-order valence-electron chi connectivity index (χ3n) is 2.80. The van der Waals surface area contributed by atoms with Crippen LogP contribution in [-0.4, -0.2) is 25.9 Å². The van der Waals surface area contributed by atoms with Gasteiger partial charge in [-0.15, -0.1) is 0 Å². The van der Waals surface area contributed by atoms with Crippen molar-refractivity contribution >= 4 is 29.1 Å². The van der Waals surface area contributed by atoms with E-state index in [0.717, 1.165) is 12.1 Å². The molecular formula is C11H9FNO5S-. The highest BCUT2D eigenvalue weighted by Gasteiger charge is 2.51. The Labute approximate surface area is 110 Å². The maximum Gasteiger partial charge on any atom is 0.298 e. The number of ether oxygens (including phenoxy) is 1. The second-order valence-corrected chi connectivity index (χ2v) is 5.29. The Morgan fingerprint density at radius 1 is 1.53 bits per heavy atom. The molecule has 1 N–H and O–H groups in total. The summed E-state index contributed by atoms with van der Waals surface area (Å²) in [6.45, 7) is 0.0864. The van der Waals surface area contributed by atoms with Crippen LogP contribution in [0.5, 0.6) is 5.75 Å². The number of carbonyl (C=O) groups excluding carboxylic acids is 2. The SMILES string of the molecule is O=COc1cc(F)ccc1NC(=O)C1(S(=O)[O-])CC1. The van der Waals surface area contributed by atoms with Gasteiger partial charge in [-0.1, -0.05) is 0 Å². The summed E-state index contributed by atoms with van der Waals surface area (Å²) in [6.07, 6.45) is 0.472. The Kier molecular flexibility index (Phi) is 3.63. The summed E-state index contributed by atoms with van der Waals surface area (Å²) in [4.78, 5) is 22.1. The monoisotopic (exact) mass is 286 g/mol. The highest BCUT2D eigenvalue weighted by atomic mass is 32.2. The van der Waals surface area contributed by atoms with Crippen molar-refractivity contribution in [3.63, 3.8) is 0 Å². The molecule has 0 radical (unpaired) electrons. The fourth-order valence-corrected chi connectivity index (χ4v) is 2.21. The molecule has 1 unspecified atom stereocenters. The van der Waals surface area contributed by atoms with E-state index in [1.54, 1.807) is 0 Å². The lowest BCUT2D eigenvalue weighted by Gasteiger charge is -2.18. The molecule has 8 heteroatoms. The summed E-state index contributed by atoms with van der Waals surface area (Å²) in [5.41, 5.74) is 0.0372. The van der Waals surface area contributed by atoms with Crippen molar-refractivity contribution in [3.05, 3.63) is 24.0 Å². The second-order valence-electron chi connectivity index (χ2n) is 4.04. The van der Waals surface area contributed by atoms with Gasteiger partial charge in [0, 0.05) is 6.07 Å². The van der Waals surface area contributed by atoms with Gasteiger partial charge in [-0.05, 0) is 36.1 Å². The van der Waals surface area contributed by atoms with Crippen LogP contribution < -0.4 is 10.1 Å². The van der Waals surface area contributed by atoms with Crippen LogP contribution in [0.1, 0.15) is 12.8 Å². The zero-order chi connectivity index (χ0) is 14.0. The number of benzene rings is 1. The maximum absolute atomic E-state index is 13.0. The molecule has 0 aliphatic heterocycles. The molecule has 1 aliphatic carbocycles. The molecule has 0 spiro atoms. The molecule has 0 heterocycles. The normalized spacial score (nSPS) is 17.4. The first-order chi connectivity index (χ1) is 8.99. The minimum Gasteiger partial charge on any atom is -0.772 e. The lowest BCUT2D eigenvalue weighted by atomic mass is 10.2. The van der Waals surface area contributed by atoms with E-state index in [9.17, 15) is 22.7 Å². The number of rotatable bonds is 5. The molecule has 2 rings (SSSR count). The zero-order valence-corrected chi connectivity index (χ0v) is 10.4. The van der Waals surface area contributed by atoms with E-state index in [1.165, 1.54) is 6.07 Å². The van der Waals surface area contributed by atoms with Gasteiger partial charge in [0.2, 0.25) is 5.91 Å². The summed E-state index contributed by atoms with van der Waals surface area (Å²) >= 11 is -2.53. The third-order valence-corrected chi connectivity index (χ3v) is 4.04. The highest BCUT2D eigenvalue weighted by molar-refractivity contribution is 7.82. The van der Waals surface area contributed by atoms with E-state index in [2.05, 4.69) is 10.1 Å². The van der Waals surface area contributed by atoms with Crippen LogP contribution in [0.3, 0.4) is 0 Å². The Morgan fingerprint density at radius 2 is 2.21 bits per heavy atom. The van der Waals surface area contributed by atoms with Crippen LogP contribution >= 0.6 is 0 Å². The van der Waals surface area contributed by atoms with Crippen LogP contribution in [-0.2, 0) is 20.7 Å². The van der Waals surface area contributed by atoms with Crippen molar-refractivity contribution in [2.75, 3.05) is 5.32 Å². The molecule has 0 saturated heterocycles. The van der Waals surface area contributed by atoms with Crippen LogP contribution in [0.25, 0.3) is 0 Å². The van der Waals surface area contributed by atoms with Gasteiger partial charge < -0.3 is 14.6 Å². The third kappa shape index (κ3) is 2.64. The lowest BCUT2D eigenvalue weighted by molar-refractivity contribution is -0.121. The number of carbonyl (C=O) groups is 2. The maximum atomic E-state index is 13.0. The summed E-state index contributed by atoms with van der Waals surface area (Å²) in [5.74, 6) is -1.55. The molecule has 0 aromatic heterocycles. The molecule has 1 aromatic rings. The average molecular weight is 286 g/mol. The van der Waals surface area contributed by atoms with Gasteiger partial charge in [0.05, 0.1) is 5.69 Å². The van der Waals surface area contributed by atoms with Gasteiger partial charge in [0.25, 0.3) is 6.47 Å². The molecule has 1 fully saturated rings. The van der Waals surface area contributed by atoms with Crippen LogP contribution in [0, 0.1) is 5.82 Å². The zero-order valence-electron chi connectivity index (χ0n) is 9.55. The van der Waals surface area contributed by atoms with Gasteiger partial charge in [0.15, 0.2) is 5.75 Å². The van der Waals surface area contributed by atoms with Crippen molar-refractivity contribution in [2.24, 2.45) is 0 Å².